The zero-order chi connectivity index (χ0) is 44.0. The quantitative estimate of drug-likeness (QED) is 0.0417. The first-order chi connectivity index (χ1) is 30.0. The molecule has 324 valence electrons. The van der Waals surface area contributed by atoms with E-state index in [9.17, 15) is 33.9 Å². The minimum atomic E-state index is -1.49. The number of carboxylic acids is 1. The summed E-state index contributed by atoms with van der Waals surface area (Å²) in [4.78, 5) is 87.5. The molecule has 9 N–H and O–H groups in total. The number of piperidine rings is 1. The third kappa shape index (κ3) is 11.8. The predicted molar refractivity (Wildman–Crippen MR) is 233 cm³/mol. The molecule has 6 atom stereocenters. The van der Waals surface area contributed by atoms with E-state index in [1.54, 1.807) is 35.2 Å². The van der Waals surface area contributed by atoms with Crippen LogP contribution in [0.5, 0.6) is 0 Å². The van der Waals surface area contributed by atoms with E-state index < -0.39 is 66.1 Å². The lowest BCUT2D eigenvalue weighted by atomic mass is 9.86. The molecule has 2 saturated heterocycles. The minimum Gasteiger partial charge on any atom is -0.481 e. The molecular formula is C47H54N8O7. The number of carbonyl (C=O) groups excluding carboxylic acids is 5. The Bertz CT molecular complexity index is 2150. The topological polar surface area (TPSA) is 238 Å². The van der Waals surface area contributed by atoms with E-state index in [1.807, 2.05) is 91.0 Å². The Morgan fingerprint density at radius 3 is 1.95 bits per heavy atom. The zero-order valence-corrected chi connectivity index (χ0v) is 34.4. The second kappa shape index (κ2) is 21.5. The molecule has 4 aromatic carbocycles. The maximum absolute atomic E-state index is 14.5. The lowest BCUT2D eigenvalue weighted by molar-refractivity contribution is -0.145. The van der Waals surface area contributed by atoms with Gasteiger partial charge in [-0.3, -0.25) is 33.8 Å². The smallest absolute Gasteiger partial charge is 0.305 e. The molecule has 2 aliphatic heterocycles. The third-order valence-electron chi connectivity index (χ3n) is 11.5. The summed E-state index contributed by atoms with van der Waals surface area (Å²) in [7, 11) is 0. The number of guanidine groups is 1. The predicted octanol–water partition coefficient (Wildman–Crippen LogP) is 2.85. The van der Waals surface area contributed by atoms with Crippen molar-refractivity contribution in [2.75, 3.05) is 13.1 Å². The van der Waals surface area contributed by atoms with E-state index in [-0.39, 0.29) is 49.8 Å². The number of nitrogens with zero attached hydrogens (tertiary/aromatic N) is 2. The molecule has 1 unspecified atom stereocenters. The van der Waals surface area contributed by atoms with Crippen LogP contribution in [0.4, 0.5) is 0 Å². The van der Waals surface area contributed by atoms with Crippen LogP contribution in [0.25, 0.3) is 0 Å². The van der Waals surface area contributed by atoms with Gasteiger partial charge in [0.1, 0.15) is 24.2 Å². The molecule has 0 radical (unpaired) electrons. The Morgan fingerprint density at radius 2 is 1.35 bits per heavy atom. The normalized spacial score (nSPS) is 19.0. The van der Waals surface area contributed by atoms with Crippen molar-refractivity contribution in [1.29, 1.82) is 0 Å². The largest absolute Gasteiger partial charge is 0.481 e. The van der Waals surface area contributed by atoms with E-state index in [0.29, 0.717) is 31.2 Å². The molecule has 0 aromatic heterocycles. The second-order valence-corrected chi connectivity index (χ2v) is 15.8. The van der Waals surface area contributed by atoms with Crippen LogP contribution in [0.2, 0.25) is 0 Å². The molecule has 6 rings (SSSR count). The molecule has 2 fully saturated rings. The fourth-order valence-electron chi connectivity index (χ4n) is 8.50. The summed E-state index contributed by atoms with van der Waals surface area (Å²) >= 11 is 0. The van der Waals surface area contributed by atoms with Crippen LogP contribution in [-0.2, 0) is 30.4 Å². The third-order valence-corrected chi connectivity index (χ3v) is 11.5. The molecule has 0 spiro atoms. The van der Waals surface area contributed by atoms with Crippen molar-refractivity contribution < 1.29 is 33.9 Å². The second-order valence-electron chi connectivity index (χ2n) is 15.8. The van der Waals surface area contributed by atoms with Gasteiger partial charge in [0.25, 0.3) is 5.91 Å². The SMILES string of the molecule is NC(N)=NCCC[C@H](NC(=O)[C@@H]1C[C@@H](Cc2ccccc2)C2CC[C@@H](NC(=O)c3ccccc3)C(=O)N21)C(=O)N[C@@H](CC(=O)O)C(=O)NCC(c1ccccc1)c1ccccc1. The molecule has 4 aromatic rings. The molecule has 15 heteroatoms. The average molecular weight is 843 g/mol. The summed E-state index contributed by atoms with van der Waals surface area (Å²) in [5.41, 5.74) is 14.4. The maximum Gasteiger partial charge on any atom is 0.305 e. The van der Waals surface area contributed by atoms with Gasteiger partial charge in [0, 0.05) is 30.6 Å². The van der Waals surface area contributed by atoms with Crippen molar-refractivity contribution in [3.05, 3.63) is 144 Å². The van der Waals surface area contributed by atoms with Crippen molar-refractivity contribution in [2.24, 2.45) is 22.4 Å². The van der Waals surface area contributed by atoms with Gasteiger partial charge in [0.05, 0.1) is 6.42 Å². The Labute approximate surface area is 360 Å². The number of carbonyl (C=O) groups is 6. The highest BCUT2D eigenvalue weighted by molar-refractivity contribution is 5.99. The summed E-state index contributed by atoms with van der Waals surface area (Å²) in [6.07, 6.45) is 1.36. The number of aliphatic carboxylic acids is 1. The van der Waals surface area contributed by atoms with Crippen LogP contribution in [0.3, 0.4) is 0 Å². The van der Waals surface area contributed by atoms with Crippen LogP contribution in [0.1, 0.15) is 71.5 Å². The molecule has 0 saturated carbocycles. The average Bonchev–Trinajstić information content (AvgIpc) is 3.65. The molecule has 0 bridgehead atoms. The standard InChI is InChI=1S/C47H54N8O7/c48-47(49)50-25-13-22-36(44(60)54-38(28-41(56)57)43(59)51-29-35(31-16-7-2-8-17-31)32-18-9-3-10-19-32)52-45(61)40-27-34(26-30-14-5-1-6-15-30)39-24-23-37(46(62)55(39)40)53-42(58)33-20-11-4-12-21-33/h1-12,14-21,34-40H,13,22-29H2,(H,51,59)(H,52,61)(H,53,58)(H,54,60)(H,56,57)(H4,48,49,50)/t34-,36+,37-,38+,39?,40+/m1/s1. The van der Waals surface area contributed by atoms with Crippen LogP contribution in [-0.4, -0.2) is 94.8 Å². The van der Waals surface area contributed by atoms with Crippen LogP contribution in [0, 0.1) is 5.92 Å². The Hall–Kier alpha value is -7.03. The molecular weight excluding hydrogens is 789 g/mol. The highest BCUT2D eigenvalue weighted by Gasteiger charge is 2.51. The summed E-state index contributed by atoms with van der Waals surface area (Å²) in [5.74, 6) is -4.74. The lowest BCUT2D eigenvalue weighted by Crippen LogP contribution is -2.61. The summed E-state index contributed by atoms with van der Waals surface area (Å²) < 4.78 is 0. The molecule has 15 nitrogen and oxygen atoms in total. The van der Waals surface area contributed by atoms with E-state index in [4.69, 9.17) is 11.5 Å². The van der Waals surface area contributed by atoms with Crippen LogP contribution in [0.15, 0.2) is 126 Å². The van der Waals surface area contributed by atoms with Gasteiger partial charge < -0.3 is 42.7 Å². The first kappa shape index (κ1) is 44.5. The summed E-state index contributed by atoms with van der Waals surface area (Å²) in [5, 5.41) is 21.0. The van der Waals surface area contributed by atoms with E-state index in [1.165, 1.54) is 0 Å². The first-order valence-electron chi connectivity index (χ1n) is 21.0. The molecule has 62 heavy (non-hydrogen) atoms. The number of hydrogen-bond donors (Lipinski definition) is 7. The number of benzene rings is 4. The number of hydrogen-bond acceptors (Lipinski definition) is 7. The maximum atomic E-state index is 14.5. The zero-order valence-electron chi connectivity index (χ0n) is 34.4. The fourth-order valence-corrected chi connectivity index (χ4v) is 8.50. The molecule has 5 amide bonds. The van der Waals surface area contributed by atoms with Gasteiger partial charge in [0.2, 0.25) is 23.6 Å². The summed E-state index contributed by atoms with van der Waals surface area (Å²) in [6.45, 7) is 0.237. The van der Waals surface area contributed by atoms with Crippen molar-refractivity contribution in [3.8, 4) is 0 Å². The molecule has 0 aliphatic carbocycles. The number of aliphatic imine (C=N–C) groups is 1. The van der Waals surface area contributed by atoms with Crippen molar-refractivity contribution in [2.45, 2.75) is 81.1 Å². The van der Waals surface area contributed by atoms with Crippen molar-refractivity contribution >= 4 is 41.5 Å². The highest BCUT2D eigenvalue weighted by atomic mass is 16.4. The first-order valence-corrected chi connectivity index (χ1v) is 21.0. The molecule has 2 heterocycles. The number of amides is 5. The summed E-state index contributed by atoms with van der Waals surface area (Å²) in [6, 6.07) is 32.5. The van der Waals surface area contributed by atoms with Gasteiger partial charge in [0.15, 0.2) is 5.96 Å². The Balaban J connectivity index is 1.21. The number of nitrogens with one attached hydrogen (secondary N) is 4. The number of nitrogens with two attached hydrogens (primary N) is 2. The van der Waals surface area contributed by atoms with Crippen LogP contribution >= 0.6 is 0 Å². The highest BCUT2D eigenvalue weighted by Crippen LogP contribution is 2.39. The van der Waals surface area contributed by atoms with Crippen molar-refractivity contribution in [1.82, 2.24) is 26.2 Å². The van der Waals surface area contributed by atoms with Crippen LogP contribution < -0.4 is 32.7 Å². The Kier molecular flexibility index (Phi) is 15.4. The van der Waals surface area contributed by atoms with Gasteiger partial charge in [-0.15, -0.1) is 0 Å². The number of fused-ring (bicyclic) bond motifs is 1. The van der Waals surface area contributed by atoms with E-state index in [2.05, 4.69) is 26.3 Å². The number of rotatable bonds is 19. The van der Waals surface area contributed by atoms with Gasteiger partial charge in [-0.1, -0.05) is 109 Å². The lowest BCUT2D eigenvalue weighted by Gasteiger charge is -2.39. The van der Waals surface area contributed by atoms with Gasteiger partial charge in [-0.25, -0.2) is 0 Å². The van der Waals surface area contributed by atoms with Gasteiger partial charge in [-0.2, -0.15) is 0 Å². The van der Waals surface area contributed by atoms with Gasteiger partial charge in [-0.05, 0) is 73.3 Å². The number of carboxylic acid groups (broad SMARTS) is 1. The monoisotopic (exact) mass is 842 g/mol. The molecule has 2 aliphatic rings. The van der Waals surface area contributed by atoms with E-state index in [0.717, 1.165) is 16.7 Å². The van der Waals surface area contributed by atoms with Gasteiger partial charge >= 0.3 is 5.97 Å². The Morgan fingerprint density at radius 1 is 0.758 bits per heavy atom. The van der Waals surface area contributed by atoms with E-state index >= 15 is 0 Å². The minimum absolute atomic E-state index is 0.0210. The van der Waals surface area contributed by atoms with Crippen molar-refractivity contribution in [3.63, 3.8) is 0 Å². The fraction of sp³-hybridized carbons (Fsp3) is 0.340.